The smallest absolute Gasteiger partial charge is 0.340 e. The minimum absolute atomic E-state index is 0.00724. The number of carboxylic acids is 1. The number of hydrogen-bond acceptors (Lipinski definition) is 6. The first-order valence-corrected chi connectivity index (χ1v) is 6.11. The number of carboxylic acid groups (broad SMARTS) is 1. The van der Waals surface area contributed by atoms with Crippen LogP contribution in [0.15, 0.2) is 30.3 Å². The molecule has 0 heterocycles. The van der Waals surface area contributed by atoms with E-state index in [0.717, 1.165) is 0 Å². The normalized spacial score (nSPS) is 15.2. The fourth-order valence-electron chi connectivity index (χ4n) is 1.42. The number of carbonyl (C=O) groups excluding carboxylic acids is 1. The number of hydrogen-bond donors (Lipinski definition) is 4. The highest BCUT2D eigenvalue weighted by atomic mass is 32.1. The maximum absolute atomic E-state index is 11.7. The number of aliphatic hydroxyl groups excluding tert-OH is 1. The first-order chi connectivity index (χ1) is 9.44. The van der Waals surface area contributed by atoms with Crippen LogP contribution in [0.5, 0.6) is 5.75 Å². The Bertz CT molecular complexity index is 468. The molecule has 0 saturated carbocycles. The second kappa shape index (κ2) is 7.25. The van der Waals surface area contributed by atoms with E-state index in [1.165, 1.54) is 12.1 Å². The van der Waals surface area contributed by atoms with E-state index in [4.69, 9.17) is 20.3 Å². The quantitative estimate of drug-likeness (QED) is 0.382. The van der Waals surface area contributed by atoms with E-state index in [1.807, 2.05) is 0 Å². The van der Waals surface area contributed by atoms with Crippen molar-refractivity contribution in [1.82, 2.24) is 0 Å². The lowest BCUT2D eigenvalue weighted by Gasteiger charge is -2.33. The van der Waals surface area contributed by atoms with E-state index in [9.17, 15) is 14.7 Å². The number of benzene rings is 1. The summed E-state index contributed by atoms with van der Waals surface area (Å²) in [5, 5.41) is 17.6. The molecular formula is C12H15NO6S. The number of para-hydroxylation sites is 1. The molecule has 2 atom stereocenters. The van der Waals surface area contributed by atoms with E-state index in [-0.39, 0.29) is 18.9 Å². The molecule has 2 unspecified atom stereocenters. The molecule has 1 aromatic rings. The third-order valence-electron chi connectivity index (χ3n) is 2.34. The second-order valence-corrected chi connectivity index (χ2v) is 4.17. The summed E-state index contributed by atoms with van der Waals surface area (Å²) >= 11 is 3.56. The third-order valence-corrected chi connectivity index (χ3v) is 2.65. The number of aliphatic carboxylic acids is 1. The Morgan fingerprint density at radius 1 is 1.35 bits per heavy atom. The lowest BCUT2D eigenvalue weighted by atomic mass is 10.1. The zero-order valence-electron chi connectivity index (χ0n) is 10.4. The van der Waals surface area contributed by atoms with Crippen molar-refractivity contribution in [3.8, 4) is 5.75 Å². The number of carbonyl (C=O) groups is 2. The Morgan fingerprint density at radius 3 is 2.40 bits per heavy atom. The van der Waals surface area contributed by atoms with Gasteiger partial charge in [0.2, 0.25) is 6.10 Å². The van der Waals surface area contributed by atoms with Crippen molar-refractivity contribution < 1.29 is 29.3 Å². The molecule has 0 bridgehead atoms. The van der Waals surface area contributed by atoms with Crippen LogP contribution in [0.3, 0.4) is 0 Å². The van der Waals surface area contributed by atoms with Gasteiger partial charge in [0.1, 0.15) is 5.75 Å². The first-order valence-electron chi connectivity index (χ1n) is 5.66. The molecule has 0 aliphatic rings. The zero-order valence-corrected chi connectivity index (χ0v) is 11.3. The molecule has 0 spiro atoms. The third kappa shape index (κ3) is 3.70. The van der Waals surface area contributed by atoms with Crippen LogP contribution in [0.4, 0.5) is 0 Å². The lowest BCUT2D eigenvalue weighted by molar-refractivity contribution is -0.226. The fraction of sp³-hybridized carbons (Fsp3) is 0.333. The number of ether oxygens (including phenoxy) is 2. The number of nitrogens with two attached hydrogens (primary N) is 1. The monoisotopic (exact) mass is 301 g/mol. The zero-order chi connectivity index (χ0) is 15.2. The minimum atomic E-state index is -2.46. The summed E-state index contributed by atoms with van der Waals surface area (Å²) < 4.78 is 10.3. The Kier molecular flexibility index (Phi) is 5.96. The Morgan fingerprint density at radius 2 is 1.95 bits per heavy atom. The maximum atomic E-state index is 11.7. The predicted octanol–water partition coefficient (Wildman–Crippen LogP) is -0.361. The van der Waals surface area contributed by atoms with Crippen molar-refractivity contribution in [3.05, 3.63) is 30.3 Å². The van der Waals surface area contributed by atoms with Crippen LogP contribution in [0, 0.1) is 0 Å². The summed E-state index contributed by atoms with van der Waals surface area (Å²) in [4.78, 5) is 22.6. The number of thiol groups is 1. The van der Waals surface area contributed by atoms with Crippen LogP contribution in [0.2, 0.25) is 0 Å². The average Bonchev–Trinajstić information content (AvgIpc) is 2.43. The molecule has 0 aliphatic carbocycles. The van der Waals surface area contributed by atoms with Gasteiger partial charge in [-0.2, -0.15) is 0 Å². The summed E-state index contributed by atoms with van der Waals surface area (Å²) in [5.41, 5.74) is 5.26. The van der Waals surface area contributed by atoms with Crippen molar-refractivity contribution in [2.45, 2.75) is 11.9 Å². The number of rotatable bonds is 8. The molecule has 1 aromatic carbocycles. The molecule has 0 saturated heterocycles. The van der Waals surface area contributed by atoms with Gasteiger partial charge in [-0.25, -0.2) is 4.79 Å². The molecule has 0 amide bonds. The van der Waals surface area contributed by atoms with Gasteiger partial charge in [0.05, 0.1) is 6.61 Å². The molecular weight excluding hydrogens is 286 g/mol. The first kappa shape index (κ1) is 16.4. The molecule has 0 fully saturated rings. The van der Waals surface area contributed by atoms with Crippen molar-refractivity contribution >= 4 is 23.7 Å². The van der Waals surface area contributed by atoms with Crippen LogP contribution < -0.4 is 10.5 Å². The predicted molar refractivity (Wildman–Crippen MR) is 72.4 cm³/mol. The molecule has 0 radical (unpaired) electrons. The standard InChI is InChI=1S/C12H15NO6S/c13-6-7-18-12(11(17)20,9(14)10(15)16)19-8-4-2-1-3-5-8/h1-5,9,14H,6-7,13H2,(H,15,16)(H,17,20). The molecule has 20 heavy (non-hydrogen) atoms. The van der Waals surface area contributed by atoms with Gasteiger partial charge in [0.15, 0.2) is 0 Å². The highest BCUT2D eigenvalue weighted by molar-refractivity contribution is 7.96. The minimum Gasteiger partial charge on any atom is -0.479 e. The largest absolute Gasteiger partial charge is 0.479 e. The van der Waals surface area contributed by atoms with E-state index in [1.54, 1.807) is 18.2 Å². The van der Waals surface area contributed by atoms with Crippen molar-refractivity contribution in [1.29, 1.82) is 0 Å². The highest BCUT2D eigenvalue weighted by Crippen LogP contribution is 2.26. The molecule has 8 heteroatoms. The van der Waals surface area contributed by atoms with E-state index in [2.05, 4.69) is 12.6 Å². The molecule has 7 nitrogen and oxygen atoms in total. The SMILES string of the molecule is NCCOC(Oc1ccccc1)(C(=O)S)C(O)C(=O)O. The van der Waals surface area contributed by atoms with Crippen molar-refractivity contribution in [3.63, 3.8) is 0 Å². The van der Waals surface area contributed by atoms with Gasteiger partial charge in [-0.1, -0.05) is 30.8 Å². The van der Waals surface area contributed by atoms with E-state index in [0.29, 0.717) is 0 Å². The Balaban J connectivity index is 3.15. The molecule has 110 valence electrons. The summed E-state index contributed by atoms with van der Waals surface area (Å²) in [6, 6.07) is 7.88. The van der Waals surface area contributed by atoms with E-state index >= 15 is 0 Å². The number of aliphatic hydroxyl groups is 1. The van der Waals surface area contributed by atoms with Gasteiger partial charge < -0.3 is 25.4 Å². The van der Waals surface area contributed by atoms with Crippen molar-refractivity contribution in [2.24, 2.45) is 5.73 Å². The van der Waals surface area contributed by atoms with Crippen LogP contribution in [-0.2, 0) is 14.3 Å². The van der Waals surface area contributed by atoms with Crippen LogP contribution in [0.25, 0.3) is 0 Å². The van der Waals surface area contributed by atoms with Crippen molar-refractivity contribution in [2.75, 3.05) is 13.2 Å². The van der Waals surface area contributed by atoms with Gasteiger partial charge in [-0.05, 0) is 12.1 Å². The topological polar surface area (TPSA) is 119 Å². The lowest BCUT2D eigenvalue weighted by Crippen LogP contribution is -2.58. The summed E-state index contributed by atoms with van der Waals surface area (Å²) in [6.45, 7) is -0.184. The molecule has 0 aromatic heterocycles. The van der Waals surface area contributed by atoms with Crippen LogP contribution in [-0.4, -0.2) is 46.3 Å². The Labute approximate surface area is 120 Å². The van der Waals surface area contributed by atoms with Gasteiger partial charge in [-0.3, -0.25) is 4.79 Å². The van der Waals surface area contributed by atoms with E-state index < -0.39 is 23.0 Å². The highest BCUT2D eigenvalue weighted by Gasteiger charge is 2.52. The second-order valence-electron chi connectivity index (χ2n) is 3.77. The van der Waals surface area contributed by atoms with Gasteiger partial charge in [0, 0.05) is 6.54 Å². The Hall–Kier alpha value is -1.61. The van der Waals surface area contributed by atoms with Crippen LogP contribution >= 0.6 is 12.6 Å². The van der Waals surface area contributed by atoms with Gasteiger partial charge in [0.25, 0.3) is 5.12 Å². The molecule has 1 rings (SSSR count). The molecule has 0 aliphatic heterocycles. The fourth-order valence-corrected chi connectivity index (χ4v) is 1.66. The average molecular weight is 301 g/mol. The van der Waals surface area contributed by atoms with Gasteiger partial charge in [-0.15, -0.1) is 0 Å². The maximum Gasteiger partial charge on any atom is 0.340 e. The summed E-state index contributed by atoms with van der Waals surface area (Å²) in [7, 11) is 0. The molecule has 4 N–H and O–H groups in total. The van der Waals surface area contributed by atoms with Crippen LogP contribution in [0.1, 0.15) is 0 Å². The summed E-state index contributed by atoms with van der Waals surface area (Å²) in [5.74, 6) is -4.00. The summed E-state index contributed by atoms with van der Waals surface area (Å²) in [6.07, 6.45) is -2.25. The van der Waals surface area contributed by atoms with Gasteiger partial charge >= 0.3 is 11.8 Å².